The predicted octanol–water partition coefficient (Wildman–Crippen LogP) is 3.84. The summed E-state index contributed by atoms with van der Waals surface area (Å²) in [6.45, 7) is 1.91. The fourth-order valence-corrected chi connectivity index (χ4v) is 3.98. The third-order valence-corrected chi connectivity index (χ3v) is 5.38. The van der Waals surface area contributed by atoms with Crippen LogP contribution in [0.1, 0.15) is 16.5 Å². The molecule has 0 aliphatic rings. The monoisotopic (exact) mass is 395 g/mol. The zero-order valence-corrected chi connectivity index (χ0v) is 16.2. The normalized spacial score (nSPS) is 11.3. The number of amides is 1. The van der Waals surface area contributed by atoms with Crippen LogP contribution in [-0.2, 0) is 24.3 Å². The highest BCUT2D eigenvalue weighted by molar-refractivity contribution is 7.18. The van der Waals surface area contributed by atoms with Crippen LogP contribution in [0.15, 0.2) is 69.9 Å². The first-order valence-electron chi connectivity index (χ1n) is 9.14. The second-order valence-corrected chi connectivity index (χ2v) is 7.59. The van der Waals surface area contributed by atoms with Crippen molar-refractivity contribution in [2.75, 3.05) is 13.1 Å². The van der Waals surface area contributed by atoms with Gasteiger partial charge in [0, 0.05) is 13.0 Å². The van der Waals surface area contributed by atoms with Crippen molar-refractivity contribution in [3.63, 3.8) is 0 Å². The first-order chi connectivity index (χ1) is 13.8. The first kappa shape index (κ1) is 18.5. The molecule has 0 radical (unpaired) electrons. The summed E-state index contributed by atoms with van der Waals surface area (Å²) in [5.74, 6) is 1.60. The molecule has 0 saturated heterocycles. The van der Waals surface area contributed by atoms with Crippen molar-refractivity contribution in [2.24, 2.45) is 0 Å². The number of carbonyl (C=O) groups excluding carboxylic acids is 1. The molecule has 0 aliphatic heterocycles. The molecule has 4 aromatic rings. The summed E-state index contributed by atoms with van der Waals surface area (Å²) in [6, 6.07) is 15.6. The number of hydrogen-bond donors (Lipinski definition) is 1. The fraction of sp³-hybridized carbons (Fsp3) is 0.238. The van der Waals surface area contributed by atoms with Gasteiger partial charge in [-0.3, -0.25) is 9.69 Å². The van der Waals surface area contributed by atoms with Gasteiger partial charge in [-0.15, -0.1) is 11.3 Å². The number of rotatable bonds is 9. The molecule has 3 heterocycles. The quantitative estimate of drug-likeness (QED) is 0.466. The highest BCUT2D eigenvalue weighted by atomic mass is 32.1. The molecule has 7 heteroatoms. The summed E-state index contributed by atoms with van der Waals surface area (Å²) in [5.41, 5.74) is 1.01. The Kier molecular flexibility index (Phi) is 5.84. The number of hydrogen-bond acceptors (Lipinski definition) is 6. The van der Waals surface area contributed by atoms with E-state index < -0.39 is 0 Å². The summed E-state index contributed by atoms with van der Waals surface area (Å²) in [6.07, 6.45) is 4.00. The molecule has 0 spiro atoms. The van der Waals surface area contributed by atoms with Crippen molar-refractivity contribution in [1.82, 2.24) is 15.2 Å². The zero-order valence-electron chi connectivity index (χ0n) is 15.3. The lowest BCUT2D eigenvalue weighted by Crippen LogP contribution is -2.37. The van der Waals surface area contributed by atoms with Crippen LogP contribution in [0.3, 0.4) is 0 Å². The molecule has 0 saturated carbocycles. The lowest BCUT2D eigenvalue weighted by molar-refractivity contribution is -0.122. The third kappa shape index (κ3) is 4.88. The third-order valence-electron chi connectivity index (χ3n) is 4.29. The molecule has 3 aromatic heterocycles. The molecule has 0 aliphatic carbocycles. The number of nitrogens with one attached hydrogen (secondary N) is 1. The van der Waals surface area contributed by atoms with Crippen LogP contribution in [0.4, 0.5) is 0 Å². The number of fused-ring (bicyclic) bond motifs is 1. The number of nitrogens with zero attached hydrogens (tertiary/aromatic N) is 2. The van der Waals surface area contributed by atoms with Gasteiger partial charge >= 0.3 is 0 Å². The molecular weight excluding hydrogens is 374 g/mol. The predicted molar refractivity (Wildman–Crippen MR) is 108 cm³/mol. The van der Waals surface area contributed by atoms with Crippen LogP contribution in [0.5, 0.6) is 0 Å². The summed E-state index contributed by atoms with van der Waals surface area (Å²) in [7, 11) is 0. The van der Waals surface area contributed by atoms with Crippen molar-refractivity contribution in [3.8, 4) is 0 Å². The van der Waals surface area contributed by atoms with Crippen molar-refractivity contribution < 1.29 is 13.6 Å². The summed E-state index contributed by atoms with van der Waals surface area (Å²) in [5, 5.41) is 4.02. The van der Waals surface area contributed by atoms with Crippen LogP contribution < -0.4 is 5.32 Å². The maximum absolute atomic E-state index is 12.4. The van der Waals surface area contributed by atoms with Gasteiger partial charge in [0.25, 0.3) is 0 Å². The Balaban J connectivity index is 1.30. The van der Waals surface area contributed by atoms with E-state index in [0.29, 0.717) is 19.6 Å². The topological polar surface area (TPSA) is 71.5 Å². The molecule has 1 aromatic carbocycles. The molecule has 0 fully saturated rings. The van der Waals surface area contributed by atoms with Crippen molar-refractivity contribution in [3.05, 3.63) is 77.6 Å². The molecule has 0 unspecified atom stereocenters. The molecule has 4 rings (SSSR count). The van der Waals surface area contributed by atoms with Crippen LogP contribution in [-0.4, -0.2) is 28.9 Å². The van der Waals surface area contributed by atoms with E-state index in [1.807, 2.05) is 47.4 Å². The minimum atomic E-state index is -0.0285. The lowest BCUT2D eigenvalue weighted by atomic mass is 10.3. The van der Waals surface area contributed by atoms with Gasteiger partial charge in [-0.2, -0.15) is 0 Å². The SMILES string of the molecule is O=C(CN(Cc1ccco1)Cc1ccco1)NCCc1nc2ccccc2s1. The van der Waals surface area contributed by atoms with Crippen LogP contribution in [0.25, 0.3) is 10.2 Å². The first-order valence-corrected chi connectivity index (χ1v) is 9.96. The van der Waals surface area contributed by atoms with Crippen molar-refractivity contribution in [1.29, 1.82) is 0 Å². The standard InChI is InChI=1S/C21H21N3O3S/c25-20(22-10-9-21-23-18-7-1-2-8-19(18)28-21)15-24(13-16-5-3-11-26-16)14-17-6-4-12-27-17/h1-8,11-12H,9-10,13-15H2,(H,22,25). The Hall–Kier alpha value is -2.90. The number of thiazole rings is 1. The number of para-hydroxylation sites is 1. The number of furan rings is 2. The van der Waals surface area contributed by atoms with E-state index >= 15 is 0 Å². The summed E-state index contributed by atoms with van der Waals surface area (Å²) >= 11 is 1.67. The highest BCUT2D eigenvalue weighted by Crippen LogP contribution is 2.21. The highest BCUT2D eigenvalue weighted by Gasteiger charge is 2.15. The van der Waals surface area contributed by atoms with E-state index in [1.54, 1.807) is 23.9 Å². The van der Waals surface area contributed by atoms with E-state index in [4.69, 9.17) is 8.83 Å². The molecule has 1 N–H and O–H groups in total. The van der Waals surface area contributed by atoms with Gasteiger partial charge in [-0.1, -0.05) is 12.1 Å². The van der Waals surface area contributed by atoms with Gasteiger partial charge < -0.3 is 14.2 Å². The lowest BCUT2D eigenvalue weighted by Gasteiger charge is -2.19. The number of aromatic nitrogens is 1. The van der Waals surface area contributed by atoms with E-state index in [9.17, 15) is 4.79 Å². The Bertz CT molecular complexity index is 940. The Morgan fingerprint density at radius 1 is 1.00 bits per heavy atom. The Labute approximate surface area is 166 Å². The van der Waals surface area contributed by atoms with Gasteiger partial charge in [0.1, 0.15) is 11.5 Å². The van der Waals surface area contributed by atoms with Crippen LogP contribution >= 0.6 is 11.3 Å². The van der Waals surface area contributed by atoms with Gasteiger partial charge in [0.05, 0.1) is 47.4 Å². The Morgan fingerprint density at radius 2 is 1.71 bits per heavy atom. The van der Waals surface area contributed by atoms with E-state index in [1.165, 1.54) is 4.70 Å². The maximum Gasteiger partial charge on any atom is 0.234 e. The smallest absolute Gasteiger partial charge is 0.234 e. The van der Waals surface area contributed by atoms with Crippen LogP contribution in [0.2, 0.25) is 0 Å². The second kappa shape index (κ2) is 8.86. The van der Waals surface area contributed by atoms with E-state index in [0.717, 1.165) is 28.5 Å². The van der Waals surface area contributed by atoms with E-state index in [-0.39, 0.29) is 12.5 Å². The number of benzene rings is 1. The fourth-order valence-electron chi connectivity index (χ4n) is 3.01. The molecule has 0 atom stereocenters. The van der Waals surface area contributed by atoms with Crippen molar-refractivity contribution in [2.45, 2.75) is 19.5 Å². The number of carbonyl (C=O) groups is 1. The molecule has 144 valence electrons. The van der Waals surface area contributed by atoms with Gasteiger partial charge in [0.2, 0.25) is 5.91 Å². The minimum absolute atomic E-state index is 0.0285. The maximum atomic E-state index is 12.4. The van der Waals surface area contributed by atoms with Crippen molar-refractivity contribution >= 4 is 27.5 Å². The van der Waals surface area contributed by atoms with Crippen LogP contribution in [0, 0.1) is 0 Å². The second-order valence-electron chi connectivity index (χ2n) is 6.48. The van der Waals surface area contributed by atoms with E-state index in [2.05, 4.69) is 16.4 Å². The molecule has 1 amide bonds. The van der Waals surface area contributed by atoms with Gasteiger partial charge in [-0.05, 0) is 36.4 Å². The molecule has 6 nitrogen and oxygen atoms in total. The van der Waals surface area contributed by atoms with Gasteiger partial charge in [-0.25, -0.2) is 4.98 Å². The Morgan fingerprint density at radius 3 is 2.36 bits per heavy atom. The molecule has 0 bridgehead atoms. The summed E-state index contributed by atoms with van der Waals surface area (Å²) < 4.78 is 12.0. The average Bonchev–Trinajstić information content (AvgIpc) is 3.43. The average molecular weight is 395 g/mol. The largest absolute Gasteiger partial charge is 0.468 e. The molecular formula is C21H21N3O3S. The zero-order chi connectivity index (χ0) is 19.2. The summed E-state index contributed by atoms with van der Waals surface area (Å²) in [4.78, 5) is 19.0. The minimum Gasteiger partial charge on any atom is -0.468 e. The molecule has 28 heavy (non-hydrogen) atoms. The van der Waals surface area contributed by atoms with Gasteiger partial charge in [0.15, 0.2) is 0 Å².